The number of hydrogen-bond donors (Lipinski definition) is 0. The van der Waals surface area contributed by atoms with Crippen LogP contribution in [0.25, 0.3) is 0 Å². The molecule has 0 aliphatic carbocycles. The molecule has 1 fully saturated rings. The van der Waals surface area contributed by atoms with Gasteiger partial charge in [-0.3, -0.25) is 0 Å². The molecule has 1 saturated heterocycles. The fraction of sp³-hybridized carbons (Fsp3) is 0.167. The van der Waals surface area contributed by atoms with E-state index in [1.165, 1.54) is 0 Å². The second-order valence-corrected chi connectivity index (χ2v) is 3.72. The lowest BCUT2D eigenvalue weighted by Crippen LogP contribution is -1.83. The summed E-state index contributed by atoms with van der Waals surface area (Å²) in [5, 5.41) is 0. The second kappa shape index (κ2) is 2.13. The molecule has 0 aromatic carbocycles. The van der Waals surface area contributed by atoms with E-state index in [0.29, 0.717) is 6.79 Å². The van der Waals surface area contributed by atoms with Gasteiger partial charge in [0.15, 0.2) is 11.5 Å². The second-order valence-electron chi connectivity index (χ2n) is 1.66. The van der Waals surface area contributed by atoms with Crippen LogP contribution in [0.5, 0.6) is 0 Å². The summed E-state index contributed by atoms with van der Waals surface area (Å²) < 4.78 is 14.5. The summed E-state index contributed by atoms with van der Waals surface area (Å²) in [7, 11) is 0. The third-order valence-corrected chi connectivity index (χ3v) is 2.82. The first-order valence-corrected chi connectivity index (χ1v) is 5.07. The highest BCUT2D eigenvalue weighted by atomic mass is 127. The van der Waals surface area contributed by atoms with Gasteiger partial charge in [-0.15, -0.1) is 0 Å². The summed E-state index contributed by atoms with van der Waals surface area (Å²) in [6.45, 7) is 0.398. The minimum Gasteiger partial charge on any atom is -0.454 e. The van der Waals surface area contributed by atoms with Crippen LogP contribution >= 0.6 is 20.7 Å². The summed E-state index contributed by atoms with van der Waals surface area (Å²) in [5.41, 5.74) is 0. The fourth-order valence-electron chi connectivity index (χ4n) is 0.701. The van der Waals surface area contributed by atoms with Crippen molar-refractivity contribution in [3.05, 3.63) is 21.7 Å². The molecule has 0 radical (unpaired) electrons. The Morgan fingerprint density at radius 2 is 2.22 bits per heavy atom. The van der Waals surface area contributed by atoms with Crippen LogP contribution in [0.3, 0.4) is 0 Å². The number of rotatable bonds is 0. The summed E-state index contributed by atoms with van der Waals surface area (Å²) in [4.78, 5) is 0. The summed E-state index contributed by atoms with van der Waals surface area (Å²) in [6.07, 6.45) is 2.00. The Kier molecular flexibility index (Phi) is 1.29. The number of ether oxygens (including phenoxy) is 2. The molecule has 0 unspecified atom stereocenters. The molecular weight excluding hydrogens is 231 g/mol. The lowest BCUT2D eigenvalue weighted by atomic mass is 10.4. The number of halogens is 1. The molecule has 2 heterocycles. The third-order valence-electron chi connectivity index (χ3n) is 1.12. The first-order chi connectivity index (χ1) is 4.47. The van der Waals surface area contributed by atoms with Gasteiger partial charge in [-0.05, 0) is 10.1 Å². The molecule has 0 bridgehead atoms. The van der Waals surface area contributed by atoms with Crippen molar-refractivity contribution in [3.8, 4) is 0 Å². The Labute approximate surface area is 62.9 Å². The summed E-state index contributed by atoms with van der Waals surface area (Å²) >= 11 is 0.113. The van der Waals surface area contributed by atoms with E-state index in [1.807, 2.05) is 6.08 Å². The Balaban J connectivity index is 2.42. The first-order valence-electron chi connectivity index (χ1n) is 2.58. The zero-order valence-electron chi connectivity index (χ0n) is 4.63. The molecule has 3 heteroatoms. The van der Waals surface area contributed by atoms with Crippen molar-refractivity contribution in [2.45, 2.75) is 0 Å². The van der Waals surface area contributed by atoms with E-state index in [0.717, 1.165) is 11.5 Å². The van der Waals surface area contributed by atoms with Crippen LogP contribution in [-0.2, 0) is 9.47 Å². The minimum atomic E-state index is 0.113. The van der Waals surface area contributed by atoms with Crippen molar-refractivity contribution in [2.75, 3.05) is 6.79 Å². The van der Waals surface area contributed by atoms with Crippen molar-refractivity contribution in [1.82, 2.24) is 0 Å². The molecule has 2 rings (SSSR count). The molecule has 2 aliphatic heterocycles. The van der Waals surface area contributed by atoms with Crippen molar-refractivity contribution in [2.24, 2.45) is 0 Å². The lowest BCUT2D eigenvalue weighted by Gasteiger charge is -1.95. The third kappa shape index (κ3) is 0.891. The van der Waals surface area contributed by atoms with E-state index in [2.05, 4.69) is 8.09 Å². The minimum absolute atomic E-state index is 0.113. The predicted octanol–water partition coefficient (Wildman–Crippen LogP) is 1.50. The van der Waals surface area contributed by atoms with Crippen molar-refractivity contribution >= 4 is 24.7 Å². The van der Waals surface area contributed by atoms with Gasteiger partial charge in [-0.2, -0.15) is 0 Å². The molecule has 0 aromatic heterocycles. The SMILES string of the molecule is C1=IC=C2OCOC2=C1. The molecule has 2 aliphatic rings. The van der Waals surface area contributed by atoms with Gasteiger partial charge in [0.25, 0.3) is 0 Å². The molecule has 0 N–H and O–H groups in total. The van der Waals surface area contributed by atoms with Crippen LogP contribution in [0, 0.1) is 0 Å². The molecule has 9 heavy (non-hydrogen) atoms. The van der Waals surface area contributed by atoms with Gasteiger partial charge in [0.2, 0.25) is 6.79 Å². The Hall–Kier alpha value is -0.320. The van der Waals surface area contributed by atoms with E-state index in [-0.39, 0.29) is 20.7 Å². The first kappa shape index (κ1) is 5.46. The topological polar surface area (TPSA) is 18.5 Å². The van der Waals surface area contributed by atoms with Crippen LogP contribution in [0.1, 0.15) is 0 Å². The summed E-state index contributed by atoms with van der Waals surface area (Å²) in [6, 6.07) is 0. The van der Waals surface area contributed by atoms with Crippen LogP contribution < -0.4 is 0 Å². The molecule has 48 valence electrons. The van der Waals surface area contributed by atoms with Gasteiger partial charge in [-0.1, -0.05) is 20.7 Å². The maximum absolute atomic E-state index is 5.13. The van der Waals surface area contributed by atoms with Crippen molar-refractivity contribution in [1.29, 1.82) is 0 Å². The van der Waals surface area contributed by atoms with Gasteiger partial charge in [0.05, 0.1) is 0 Å². The van der Waals surface area contributed by atoms with Gasteiger partial charge >= 0.3 is 0 Å². The number of hydrogen-bond acceptors (Lipinski definition) is 2. The normalized spacial score (nSPS) is 22.2. The molecule has 0 saturated carbocycles. The maximum atomic E-state index is 5.13. The smallest absolute Gasteiger partial charge is 0.231 e. The van der Waals surface area contributed by atoms with Crippen LogP contribution in [-0.4, -0.2) is 10.8 Å². The van der Waals surface area contributed by atoms with E-state index >= 15 is 0 Å². The largest absolute Gasteiger partial charge is 0.454 e. The zero-order valence-corrected chi connectivity index (χ0v) is 6.79. The molecule has 0 amide bonds. The van der Waals surface area contributed by atoms with Crippen LogP contribution in [0.2, 0.25) is 0 Å². The monoisotopic (exact) mass is 236 g/mol. The van der Waals surface area contributed by atoms with E-state index in [9.17, 15) is 0 Å². The molecule has 0 aromatic rings. The van der Waals surface area contributed by atoms with Gasteiger partial charge in [0.1, 0.15) is 0 Å². The highest BCUT2D eigenvalue weighted by Crippen LogP contribution is 2.25. The molecular formula is C6H5IO2. The van der Waals surface area contributed by atoms with E-state index < -0.39 is 0 Å². The average Bonchev–Trinajstić information content (AvgIpc) is 2.33. The van der Waals surface area contributed by atoms with Crippen LogP contribution in [0.15, 0.2) is 21.7 Å². The lowest BCUT2D eigenvalue weighted by molar-refractivity contribution is 0.0981. The highest BCUT2D eigenvalue weighted by molar-refractivity contribution is 14.2. The summed E-state index contributed by atoms with van der Waals surface area (Å²) in [5.74, 6) is 1.85. The molecule has 0 spiro atoms. The Bertz CT molecular complexity index is 193. The predicted molar refractivity (Wildman–Crippen MR) is 43.3 cm³/mol. The Morgan fingerprint density at radius 1 is 1.33 bits per heavy atom. The van der Waals surface area contributed by atoms with Gasteiger partial charge in [-0.25, -0.2) is 0 Å². The van der Waals surface area contributed by atoms with Gasteiger partial charge < -0.3 is 9.47 Å². The van der Waals surface area contributed by atoms with Gasteiger partial charge in [0, 0.05) is 4.08 Å². The van der Waals surface area contributed by atoms with Crippen LogP contribution in [0.4, 0.5) is 0 Å². The Morgan fingerprint density at radius 3 is 3.11 bits per heavy atom. The fourth-order valence-corrected chi connectivity index (χ4v) is 2.26. The standard InChI is InChI=1S/C6H5IO2/c1-2-7-3-6-5(1)8-4-9-6/h1-3H,4H2. The molecule has 2 nitrogen and oxygen atoms in total. The average molecular weight is 236 g/mol. The highest BCUT2D eigenvalue weighted by Gasteiger charge is 2.15. The number of allylic oxidation sites excluding steroid dienone is 1. The van der Waals surface area contributed by atoms with Crippen molar-refractivity contribution < 1.29 is 9.47 Å². The van der Waals surface area contributed by atoms with E-state index in [4.69, 9.17) is 9.47 Å². The van der Waals surface area contributed by atoms with E-state index in [1.54, 1.807) is 0 Å². The maximum Gasteiger partial charge on any atom is 0.231 e. The molecule has 0 atom stereocenters. The quantitative estimate of drug-likeness (QED) is 0.593. The zero-order chi connectivity index (χ0) is 6.10. The number of fused-ring (bicyclic) bond motifs is 1. The van der Waals surface area contributed by atoms with Crippen molar-refractivity contribution in [3.63, 3.8) is 0 Å².